The van der Waals surface area contributed by atoms with Gasteiger partial charge in [0.2, 0.25) is 0 Å². The third kappa shape index (κ3) is 4.97. The van der Waals surface area contributed by atoms with Gasteiger partial charge in [0.05, 0.1) is 22.2 Å². The monoisotopic (exact) mass is 544 g/mol. The van der Waals surface area contributed by atoms with Crippen molar-refractivity contribution in [2.24, 2.45) is 12.8 Å². The van der Waals surface area contributed by atoms with Gasteiger partial charge >= 0.3 is 5.97 Å². The van der Waals surface area contributed by atoms with E-state index < -0.39 is 22.5 Å². The zero-order valence-corrected chi connectivity index (χ0v) is 21.6. The molecule has 0 aliphatic carbocycles. The Bertz CT molecular complexity index is 1830. The van der Waals surface area contributed by atoms with Crippen molar-refractivity contribution in [1.29, 1.82) is 5.41 Å². The molecule has 0 fully saturated rings. The van der Waals surface area contributed by atoms with Gasteiger partial charge < -0.3 is 20.1 Å². The predicted molar refractivity (Wildman–Crippen MR) is 146 cm³/mol. The number of fused-ring (bicyclic) bond motifs is 2. The van der Waals surface area contributed by atoms with E-state index >= 15 is 0 Å². The number of nitrogens with one attached hydrogen (secondary N) is 1. The molecule has 5 rings (SSSR count). The van der Waals surface area contributed by atoms with E-state index in [1.54, 1.807) is 73.8 Å². The minimum Gasteiger partial charge on any atom is -0.486 e. The lowest BCUT2D eigenvalue weighted by Crippen LogP contribution is -2.36. The molecule has 0 radical (unpaired) electrons. The fourth-order valence-corrected chi connectivity index (χ4v) is 5.82. The van der Waals surface area contributed by atoms with Crippen LogP contribution in [0.15, 0.2) is 83.9 Å². The van der Waals surface area contributed by atoms with Crippen molar-refractivity contribution in [3.63, 3.8) is 0 Å². The number of aliphatic carboxylic acids is 1. The Morgan fingerprint density at radius 1 is 1.10 bits per heavy atom. The molecule has 2 aromatic heterocycles. The lowest BCUT2D eigenvalue weighted by atomic mass is 10.2. The molecule has 0 saturated carbocycles. The van der Waals surface area contributed by atoms with Crippen LogP contribution in [0.5, 0.6) is 5.75 Å². The average Bonchev–Trinajstić information content (AvgIpc) is 3.24. The summed E-state index contributed by atoms with van der Waals surface area (Å²) in [7, 11) is -2.49. The van der Waals surface area contributed by atoms with E-state index in [4.69, 9.17) is 15.9 Å². The van der Waals surface area contributed by atoms with E-state index in [0.717, 1.165) is 4.31 Å². The molecule has 0 atom stereocenters. The van der Waals surface area contributed by atoms with Gasteiger partial charge in [0.1, 0.15) is 35.5 Å². The van der Waals surface area contributed by atoms with E-state index in [9.17, 15) is 18.3 Å². The third-order valence-corrected chi connectivity index (χ3v) is 8.03. The number of imidazole rings is 1. The molecule has 5 aromatic rings. The molecule has 0 amide bonds. The molecule has 198 valence electrons. The Morgan fingerprint density at radius 2 is 1.85 bits per heavy atom. The summed E-state index contributed by atoms with van der Waals surface area (Å²) < 4.78 is 36.0. The van der Waals surface area contributed by atoms with E-state index in [0.29, 0.717) is 33.6 Å². The number of nitrogens with two attached hydrogens (primary N) is 1. The number of ether oxygens (including phenoxy) is 1. The van der Waals surface area contributed by atoms with Crippen molar-refractivity contribution in [3.05, 3.63) is 90.4 Å². The molecule has 0 aliphatic heterocycles. The molecule has 0 saturated heterocycles. The SMILES string of the molecule is Cn1c(COc2ccc(C(=N)N)cc2)nc2cc(N(CC(=O)O)S(=O)(=O)c3cccc4cccnc34)ccc21. The first kappa shape index (κ1) is 25.7. The lowest BCUT2D eigenvalue weighted by molar-refractivity contribution is -0.135. The van der Waals surface area contributed by atoms with Crippen molar-refractivity contribution in [2.45, 2.75) is 11.5 Å². The van der Waals surface area contributed by atoms with E-state index in [1.807, 2.05) is 4.57 Å². The van der Waals surface area contributed by atoms with Gasteiger partial charge in [-0.05, 0) is 54.6 Å². The van der Waals surface area contributed by atoms with Crippen LogP contribution in [0.1, 0.15) is 11.4 Å². The number of hydrogen-bond acceptors (Lipinski definition) is 7. The number of rotatable bonds is 9. The van der Waals surface area contributed by atoms with Crippen LogP contribution in [0, 0.1) is 5.41 Å². The normalized spacial score (nSPS) is 11.5. The highest BCUT2D eigenvalue weighted by Crippen LogP contribution is 2.30. The number of anilines is 1. The van der Waals surface area contributed by atoms with Crippen LogP contribution in [0.3, 0.4) is 0 Å². The molecule has 12 heteroatoms. The van der Waals surface area contributed by atoms with Gasteiger partial charge in [0.15, 0.2) is 0 Å². The highest BCUT2D eigenvalue weighted by Gasteiger charge is 2.29. The topological polar surface area (TPSA) is 164 Å². The number of hydrogen-bond donors (Lipinski definition) is 3. The van der Waals surface area contributed by atoms with Crippen LogP contribution in [-0.4, -0.2) is 46.4 Å². The molecular weight excluding hydrogens is 520 g/mol. The van der Waals surface area contributed by atoms with Gasteiger partial charge in [-0.25, -0.2) is 13.4 Å². The fraction of sp³-hybridized carbons (Fsp3) is 0.111. The smallest absolute Gasteiger partial charge is 0.324 e. The summed E-state index contributed by atoms with van der Waals surface area (Å²) in [6.45, 7) is -0.658. The summed E-state index contributed by atoms with van der Waals surface area (Å²) in [6.07, 6.45) is 1.49. The second kappa shape index (κ2) is 10.1. The second-order valence-corrected chi connectivity index (χ2v) is 10.6. The summed E-state index contributed by atoms with van der Waals surface area (Å²) >= 11 is 0. The minimum absolute atomic E-state index is 0.0385. The van der Waals surface area contributed by atoms with Crippen LogP contribution >= 0.6 is 0 Å². The number of pyridine rings is 1. The number of carboxylic acids is 1. The Labute approximate surface area is 223 Å². The molecule has 4 N–H and O–H groups in total. The van der Waals surface area contributed by atoms with Crippen LogP contribution < -0.4 is 14.8 Å². The number of aromatic nitrogens is 3. The number of para-hydroxylation sites is 1. The van der Waals surface area contributed by atoms with Gasteiger partial charge in [-0.15, -0.1) is 0 Å². The standard InChI is InChI=1S/C27H24N6O5S/c1-32-22-12-9-19(14-21(22)31-24(32)16-38-20-10-7-18(8-11-20)27(28)29)33(15-25(34)35)39(36,37)23-6-2-4-17-5-3-13-30-26(17)23/h2-14H,15-16H2,1H3,(H3,28,29)(H,34,35). The number of carboxylic acid groups (broad SMARTS) is 1. The largest absolute Gasteiger partial charge is 0.486 e. The van der Waals surface area contributed by atoms with Gasteiger partial charge in [0.25, 0.3) is 10.0 Å². The summed E-state index contributed by atoms with van der Waals surface area (Å²) in [5, 5.41) is 17.7. The first-order valence-corrected chi connectivity index (χ1v) is 13.2. The van der Waals surface area contributed by atoms with Gasteiger partial charge in [-0.2, -0.15) is 0 Å². The number of carbonyl (C=O) groups is 1. The molecule has 11 nitrogen and oxygen atoms in total. The van der Waals surface area contributed by atoms with Crippen LogP contribution in [0.2, 0.25) is 0 Å². The summed E-state index contributed by atoms with van der Waals surface area (Å²) in [5.74, 6) is -0.208. The zero-order chi connectivity index (χ0) is 27.7. The molecule has 0 unspecified atom stereocenters. The number of nitrogens with zero attached hydrogens (tertiary/aromatic N) is 4. The van der Waals surface area contributed by atoms with Crippen LogP contribution in [0.25, 0.3) is 21.9 Å². The van der Waals surface area contributed by atoms with Crippen LogP contribution in [0.4, 0.5) is 5.69 Å². The maximum absolute atomic E-state index is 13.8. The third-order valence-electron chi connectivity index (χ3n) is 6.22. The molecule has 0 aliphatic rings. The Kier molecular flexibility index (Phi) is 6.62. The van der Waals surface area contributed by atoms with Gasteiger partial charge in [-0.3, -0.25) is 19.5 Å². The van der Waals surface area contributed by atoms with Crippen molar-refractivity contribution >= 4 is 49.5 Å². The first-order valence-electron chi connectivity index (χ1n) is 11.8. The summed E-state index contributed by atoms with van der Waals surface area (Å²) in [5.41, 5.74) is 7.67. The van der Waals surface area contributed by atoms with Gasteiger partial charge in [-0.1, -0.05) is 18.2 Å². The quantitative estimate of drug-likeness (QED) is 0.188. The Hall–Kier alpha value is -4.97. The highest BCUT2D eigenvalue weighted by atomic mass is 32.2. The van der Waals surface area contributed by atoms with Crippen molar-refractivity contribution in [3.8, 4) is 5.75 Å². The van der Waals surface area contributed by atoms with E-state index in [2.05, 4.69) is 9.97 Å². The van der Waals surface area contributed by atoms with Gasteiger partial charge in [0, 0.05) is 24.2 Å². The number of nitrogen functional groups attached to an aromatic ring is 1. The summed E-state index contributed by atoms with van der Waals surface area (Å²) in [6, 6.07) is 19.7. The molecule has 3 aromatic carbocycles. The number of benzene rings is 3. The number of sulfonamides is 1. The molecule has 0 bridgehead atoms. The average molecular weight is 545 g/mol. The maximum Gasteiger partial charge on any atom is 0.324 e. The van der Waals surface area contributed by atoms with Crippen molar-refractivity contribution < 1.29 is 23.1 Å². The Balaban J connectivity index is 1.49. The lowest BCUT2D eigenvalue weighted by Gasteiger charge is -2.23. The second-order valence-electron chi connectivity index (χ2n) is 8.72. The summed E-state index contributed by atoms with van der Waals surface area (Å²) in [4.78, 5) is 20.5. The molecular formula is C27H24N6O5S. The molecule has 2 heterocycles. The van der Waals surface area contributed by atoms with Crippen LogP contribution in [-0.2, 0) is 28.5 Å². The van der Waals surface area contributed by atoms with E-state index in [-0.39, 0.29) is 28.5 Å². The molecule has 39 heavy (non-hydrogen) atoms. The van der Waals surface area contributed by atoms with E-state index in [1.165, 1.54) is 12.3 Å². The fourth-order valence-electron chi connectivity index (χ4n) is 4.24. The first-order chi connectivity index (χ1) is 18.6. The molecule has 0 spiro atoms. The maximum atomic E-state index is 13.8. The number of aryl methyl sites for hydroxylation is 1. The Morgan fingerprint density at radius 3 is 2.56 bits per heavy atom. The number of amidine groups is 1. The zero-order valence-electron chi connectivity index (χ0n) is 20.8. The minimum atomic E-state index is -4.30. The predicted octanol–water partition coefficient (Wildman–Crippen LogP) is 3.26. The van der Waals surface area contributed by atoms with Crippen molar-refractivity contribution in [2.75, 3.05) is 10.8 Å². The van der Waals surface area contributed by atoms with Crippen molar-refractivity contribution in [1.82, 2.24) is 14.5 Å². The highest BCUT2D eigenvalue weighted by molar-refractivity contribution is 7.93.